The molecule has 0 saturated heterocycles. The lowest BCUT2D eigenvalue weighted by Crippen LogP contribution is -2.54. The number of ketones is 1. The Balaban J connectivity index is 3.22. The van der Waals surface area contributed by atoms with Crippen LogP contribution < -0.4 is 0 Å². The first-order chi connectivity index (χ1) is 12.8. The molecule has 1 aromatic carbocycles. The second kappa shape index (κ2) is 10.2. The van der Waals surface area contributed by atoms with E-state index in [-0.39, 0.29) is 5.78 Å². The van der Waals surface area contributed by atoms with Crippen molar-refractivity contribution in [1.29, 1.82) is 0 Å². The summed E-state index contributed by atoms with van der Waals surface area (Å²) in [5.74, 6) is -0.165. The maximum Gasteiger partial charge on any atom is 0.201 e. The Morgan fingerprint density at radius 1 is 0.964 bits per heavy atom. The highest BCUT2D eigenvalue weighted by atomic mass is 28.4. The lowest BCUT2D eigenvalue weighted by molar-refractivity contribution is -0.140. The number of hydrogen-bond acceptors (Lipinski definition) is 3. The molecule has 0 aromatic heterocycles. The Morgan fingerprint density at radius 2 is 1.43 bits per heavy atom. The molecule has 160 valence electrons. The average molecular weight is 407 g/mol. The Bertz CT molecular complexity index is 580. The highest BCUT2D eigenvalue weighted by molar-refractivity contribution is 6.77. The van der Waals surface area contributed by atoms with Crippen LogP contribution >= 0.6 is 0 Å². The third kappa shape index (κ3) is 6.01. The largest absolute Gasteiger partial charge is 0.406 e. The van der Waals surface area contributed by atoms with Crippen LogP contribution in [0.3, 0.4) is 0 Å². The number of hydrogen-bond donors (Lipinski definition) is 1. The first kappa shape index (κ1) is 25.1. The predicted octanol–water partition coefficient (Wildman–Crippen LogP) is 6.16. The molecule has 1 rings (SSSR count). The number of aryl methyl sites for hydroxylation is 1. The van der Waals surface area contributed by atoms with E-state index >= 15 is 0 Å². The molecule has 0 unspecified atom stereocenters. The van der Waals surface area contributed by atoms with Gasteiger partial charge in [-0.05, 0) is 40.4 Å². The summed E-state index contributed by atoms with van der Waals surface area (Å²) in [6, 6.07) is 10.2. The maximum atomic E-state index is 13.3. The Kier molecular flexibility index (Phi) is 9.11. The predicted molar refractivity (Wildman–Crippen MR) is 121 cm³/mol. The molecule has 3 nitrogen and oxygen atoms in total. The number of carbonyl (C=O) groups is 1. The van der Waals surface area contributed by atoms with E-state index in [0.29, 0.717) is 23.0 Å². The zero-order valence-corrected chi connectivity index (χ0v) is 20.5. The van der Waals surface area contributed by atoms with Gasteiger partial charge in [-0.3, -0.25) is 4.79 Å². The number of rotatable bonds is 10. The standard InChI is InChI=1S/C24H42O3Si/c1-17(2)28(18(3)4,19(5)6)27-21(22(25)23(26)24(7,8)9)16-15-20-13-11-10-12-14-20/h10-14,17-19,21,23,26H,15-16H2,1-9H3/t21-,23+/m1/s1. The third-order valence-corrected chi connectivity index (χ3v) is 12.1. The molecule has 1 N–H and O–H groups in total. The first-order valence-corrected chi connectivity index (χ1v) is 12.9. The minimum absolute atomic E-state index is 0.165. The molecule has 4 heteroatoms. The molecule has 0 aliphatic rings. The van der Waals surface area contributed by atoms with Gasteiger partial charge in [-0.15, -0.1) is 0 Å². The van der Waals surface area contributed by atoms with Crippen molar-refractivity contribution in [2.45, 2.75) is 104 Å². The van der Waals surface area contributed by atoms with Crippen LogP contribution in [0.1, 0.15) is 74.3 Å². The molecule has 0 saturated carbocycles. The summed E-state index contributed by atoms with van der Waals surface area (Å²) in [7, 11) is -2.23. The van der Waals surface area contributed by atoms with Gasteiger partial charge in [0.05, 0.1) is 0 Å². The van der Waals surface area contributed by atoms with Crippen LogP contribution in [0.25, 0.3) is 0 Å². The van der Waals surface area contributed by atoms with Gasteiger partial charge in [0.1, 0.15) is 12.2 Å². The first-order valence-electron chi connectivity index (χ1n) is 10.8. The molecule has 1 aromatic rings. The van der Waals surface area contributed by atoms with Crippen LogP contribution in [-0.4, -0.2) is 31.4 Å². The summed E-state index contributed by atoms with van der Waals surface area (Å²) < 4.78 is 6.85. The van der Waals surface area contributed by atoms with E-state index in [1.807, 2.05) is 39.0 Å². The molecular formula is C24H42O3Si. The minimum Gasteiger partial charge on any atom is -0.406 e. The Hall–Kier alpha value is -0.973. The molecule has 0 aliphatic carbocycles. The smallest absolute Gasteiger partial charge is 0.201 e. The van der Waals surface area contributed by atoms with Crippen molar-refractivity contribution in [2.24, 2.45) is 5.41 Å². The van der Waals surface area contributed by atoms with Crippen molar-refractivity contribution in [3.63, 3.8) is 0 Å². The number of benzene rings is 1. The average Bonchev–Trinajstić information content (AvgIpc) is 2.59. The van der Waals surface area contributed by atoms with Crippen LogP contribution in [-0.2, 0) is 15.6 Å². The van der Waals surface area contributed by atoms with Gasteiger partial charge >= 0.3 is 0 Å². The van der Waals surface area contributed by atoms with E-state index in [0.717, 1.165) is 6.42 Å². The number of aliphatic hydroxyl groups is 1. The van der Waals surface area contributed by atoms with Gasteiger partial charge in [-0.2, -0.15) is 0 Å². The normalized spacial score (nSPS) is 15.3. The van der Waals surface area contributed by atoms with Crippen LogP contribution in [0, 0.1) is 5.41 Å². The maximum absolute atomic E-state index is 13.3. The molecule has 0 aliphatic heterocycles. The summed E-state index contributed by atoms with van der Waals surface area (Å²) in [6.45, 7) is 19.1. The van der Waals surface area contributed by atoms with Crippen molar-refractivity contribution in [2.75, 3.05) is 0 Å². The van der Waals surface area contributed by atoms with Gasteiger partial charge in [-0.1, -0.05) is 92.6 Å². The van der Waals surface area contributed by atoms with E-state index < -0.39 is 25.9 Å². The molecule has 0 bridgehead atoms. The molecule has 0 fully saturated rings. The molecule has 28 heavy (non-hydrogen) atoms. The van der Waals surface area contributed by atoms with E-state index in [4.69, 9.17) is 4.43 Å². The van der Waals surface area contributed by atoms with Crippen LogP contribution in [0.4, 0.5) is 0 Å². The summed E-state index contributed by atoms with van der Waals surface area (Å²) in [5, 5.41) is 10.7. The fourth-order valence-electron chi connectivity index (χ4n) is 4.46. The van der Waals surface area contributed by atoms with Gasteiger partial charge in [-0.25, -0.2) is 0 Å². The van der Waals surface area contributed by atoms with E-state index in [1.54, 1.807) is 0 Å². The lowest BCUT2D eigenvalue weighted by atomic mass is 9.84. The van der Waals surface area contributed by atoms with Crippen molar-refractivity contribution in [3.05, 3.63) is 35.9 Å². The van der Waals surface area contributed by atoms with E-state index in [2.05, 4.69) is 53.7 Å². The van der Waals surface area contributed by atoms with E-state index in [9.17, 15) is 9.90 Å². The minimum atomic E-state index is -2.23. The van der Waals surface area contributed by atoms with Gasteiger partial charge < -0.3 is 9.53 Å². The second-order valence-electron chi connectivity index (χ2n) is 10.1. The Morgan fingerprint density at radius 3 is 1.82 bits per heavy atom. The molecule has 0 radical (unpaired) electrons. The molecule has 0 amide bonds. The van der Waals surface area contributed by atoms with Crippen LogP contribution in [0.2, 0.25) is 16.6 Å². The molecular weight excluding hydrogens is 364 g/mol. The van der Waals surface area contributed by atoms with Crippen LogP contribution in [0.5, 0.6) is 0 Å². The van der Waals surface area contributed by atoms with Gasteiger partial charge in [0.2, 0.25) is 8.32 Å². The molecule has 0 spiro atoms. The monoisotopic (exact) mass is 406 g/mol. The van der Waals surface area contributed by atoms with Crippen molar-refractivity contribution in [3.8, 4) is 0 Å². The van der Waals surface area contributed by atoms with Gasteiger partial charge in [0, 0.05) is 0 Å². The van der Waals surface area contributed by atoms with Crippen molar-refractivity contribution in [1.82, 2.24) is 0 Å². The van der Waals surface area contributed by atoms with Gasteiger partial charge in [0.25, 0.3) is 0 Å². The summed E-state index contributed by atoms with van der Waals surface area (Å²) in [6.07, 6.45) is -0.205. The fourth-order valence-corrected chi connectivity index (χ4v) is 10.0. The van der Waals surface area contributed by atoms with Gasteiger partial charge in [0.15, 0.2) is 5.78 Å². The zero-order valence-electron chi connectivity index (χ0n) is 19.5. The zero-order chi connectivity index (χ0) is 21.7. The fraction of sp³-hybridized carbons (Fsp3) is 0.708. The SMILES string of the molecule is CC(C)[Si](O[C@H](CCc1ccccc1)C(=O)[C@H](O)C(C)(C)C)(C(C)C)C(C)C. The molecule has 0 heterocycles. The topological polar surface area (TPSA) is 46.5 Å². The molecule has 2 atom stereocenters. The Labute approximate surface area is 174 Å². The van der Waals surface area contributed by atoms with Crippen LogP contribution in [0.15, 0.2) is 30.3 Å². The second-order valence-corrected chi connectivity index (χ2v) is 15.5. The third-order valence-electron chi connectivity index (χ3n) is 6.00. The number of aliphatic hydroxyl groups excluding tert-OH is 1. The highest BCUT2D eigenvalue weighted by Crippen LogP contribution is 2.43. The highest BCUT2D eigenvalue weighted by Gasteiger charge is 2.48. The lowest BCUT2D eigenvalue weighted by Gasteiger charge is -2.45. The summed E-state index contributed by atoms with van der Waals surface area (Å²) >= 11 is 0. The summed E-state index contributed by atoms with van der Waals surface area (Å²) in [5.41, 5.74) is 1.88. The van der Waals surface area contributed by atoms with Crippen molar-refractivity contribution >= 4 is 14.1 Å². The number of Topliss-reactive ketones (excluding diaryl/α,β-unsaturated/α-hetero) is 1. The number of carbonyl (C=O) groups excluding carboxylic acids is 1. The van der Waals surface area contributed by atoms with Crippen molar-refractivity contribution < 1.29 is 14.3 Å². The quantitative estimate of drug-likeness (QED) is 0.474. The summed E-state index contributed by atoms with van der Waals surface area (Å²) in [4.78, 5) is 13.3. The van der Waals surface area contributed by atoms with E-state index in [1.165, 1.54) is 5.56 Å².